The first-order valence-corrected chi connectivity index (χ1v) is 5.40. The molecule has 14 heavy (non-hydrogen) atoms. The van der Waals surface area contributed by atoms with Crippen LogP contribution in [-0.4, -0.2) is 6.54 Å². The Morgan fingerprint density at radius 2 is 2.07 bits per heavy atom. The fraction of sp³-hybridized carbons (Fsp3) is 0.500. The molecule has 0 fully saturated rings. The molecule has 0 aromatic heterocycles. The summed E-state index contributed by atoms with van der Waals surface area (Å²) >= 11 is 0. The monoisotopic (exact) mass is 190 g/mol. The van der Waals surface area contributed by atoms with Crippen molar-refractivity contribution in [1.82, 2.24) is 5.32 Å². The van der Waals surface area contributed by atoms with Crippen molar-refractivity contribution in [2.45, 2.75) is 31.8 Å². The van der Waals surface area contributed by atoms with Gasteiger partial charge in [0.05, 0.1) is 0 Å². The van der Waals surface area contributed by atoms with Crippen molar-refractivity contribution < 1.29 is 0 Å². The Hall–Kier alpha value is -0.860. The molecule has 2 heteroatoms. The Morgan fingerprint density at radius 1 is 1.36 bits per heavy atom. The first kappa shape index (κ1) is 9.69. The standard InChI is InChI=1S/C12H18N2/c1-2-7-14-12-8-11(13)9-5-3-4-6-10(9)12/h3-6,11-12,14H,2,7-8,13H2,1H3. The molecule has 0 radical (unpaired) electrons. The zero-order chi connectivity index (χ0) is 9.97. The molecule has 0 saturated carbocycles. The van der Waals surface area contributed by atoms with Gasteiger partial charge in [-0.15, -0.1) is 0 Å². The number of nitrogens with one attached hydrogen (secondary N) is 1. The fourth-order valence-corrected chi connectivity index (χ4v) is 2.19. The number of hydrogen-bond acceptors (Lipinski definition) is 2. The van der Waals surface area contributed by atoms with E-state index in [1.807, 2.05) is 0 Å². The van der Waals surface area contributed by atoms with E-state index >= 15 is 0 Å². The molecule has 0 spiro atoms. The van der Waals surface area contributed by atoms with Crippen molar-refractivity contribution in [1.29, 1.82) is 0 Å². The second-order valence-corrected chi connectivity index (χ2v) is 3.98. The molecule has 76 valence electrons. The van der Waals surface area contributed by atoms with E-state index in [9.17, 15) is 0 Å². The summed E-state index contributed by atoms with van der Waals surface area (Å²) in [5, 5.41) is 3.54. The quantitative estimate of drug-likeness (QED) is 0.766. The molecule has 1 aliphatic rings. The maximum atomic E-state index is 6.07. The van der Waals surface area contributed by atoms with Crippen molar-refractivity contribution in [2.75, 3.05) is 6.54 Å². The van der Waals surface area contributed by atoms with Crippen LogP contribution in [0.5, 0.6) is 0 Å². The van der Waals surface area contributed by atoms with E-state index in [-0.39, 0.29) is 6.04 Å². The van der Waals surface area contributed by atoms with Crippen LogP contribution in [0.2, 0.25) is 0 Å². The second-order valence-electron chi connectivity index (χ2n) is 3.98. The van der Waals surface area contributed by atoms with Crippen LogP contribution in [0.25, 0.3) is 0 Å². The van der Waals surface area contributed by atoms with Crippen LogP contribution in [0.4, 0.5) is 0 Å². The summed E-state index contributed by atoms with van der Waals surface area (Å²) in [6, 6.07) is 9.20. The third kappa shape index (κ3) is 1.68. The van der Waals surface area contributed by atoms with E-state index in [2.05, 4.69) is 36.5 Å². The van der Waals surface area contributed by atoms with Crippen LogP contribution < -0.4 is 11.1 Å². The lowest BCUT2D eigenvalue weighted by atomic mass is 10.1. The summed E-state index contributed by atoms with van der Waals surface area (Å²) in [5.74, 6) is 0. The topological polar surface area (TPSA) is 38.0 Å². The average Bonchev–Trinajstić information content (AvgIpc) is 2.54. The Balaban J connectivity index is 2.17. The van der Waals surface area contributed by atoms with Gasteiger partial charge in [0.25, 0.3) is 0 Å². The Morgan fingerprint density at radius 3 is 2.79 bits per heavy atom. The van der Waals surface area contributed by atoms with Crippen LogP contribution in [0.1, 0.15) is 43.0 Å². The normalized spacial score (nSPS) is 25.0. The van der Waals surface area contributed by atoms with Gasteiger partial charge in [-0.3, -0.25) is 0 Å². The van der Waals surface area contributed by atoms with Crippen molar-refractivity contribution in [3.8, 4) is 0 Å². The van der Waals surface area contributed by atoms with Crippen LogP contribution in [0.15, 0.2) is 24.3 Å². The highest BCUT2D eigenvalue weighted by Gasteiger charge is 2.27. The van der Waals surface area contributed by atoms with E-state index in [4.69, 9.17) is 5.73 Å². The van der Waals surface area contributed by atoms with E-state index in [0.29, 0.717) is 6.04 Å². The van der Waals surface area contributed by atoms with Crippen LogP contribution in [-0.2, 0) is 0 Å². The molecule has 0 aliphatic heterocycles. The first-order valence-electron chi connectivity index (χ1n) is 5.40. The Bertz CT molecular complexity index is 309. The summed E-state index contributed by atoms with van der Waals surface area (Å²) in [5.41, 5.74) is 8.79. The molecule has 2 unspecified atom stereocenters. The molecular formula is C12H18N2. The number of benzene rings is 1. The van der Waals surface area contributed by atoms with Crippen LogP contribution in [0.3, 0.4) is 0 Å². The van der Waals surface area contributed by atoms with Gasteiger partial charge >= 0.3 is 0 Å². The van der Waals surface area contributed by atoms with Crippen LogP contribution in [0, 0.1) is 0 Å². The van der Waals surface area contributed by atoms with Gasteiger partial charge < -0.3 is 11.1 Å². The third-order valence-electron chi connectivity index (χ3n) is 2.90. The summed E-state index contributed by atoms with van der Waals surface area (Å²) in [7, 11) is 0. The molecule has 2 rings (SSSR count). The molecule has 0 saturated heterocycles. The minimum Gasteiger partial charge on any atom is -0.324 e. The third-order valence-corrected chi connectivity index (χ3v) is 2.90. The van der Waals surface area contributed by atoms with Crippen molar-refractivity contribution in [3.63, 3.8) is 0 Å². The van der Waals surface area contributed by atoms with E-state index in [1.165, 1.54) is 17.5 Å². The lowest BCUT2D eigenvalue weighted by Gasteiger charge is -2.12. The minimum atomic E-state index is 0.223. The summed E-state index contributed by atoms with van der Waals surface area (Å²) in [4.78, 5) is 0. The maximum Gasteiger partial charge on any atom is 0.0341 e. The van der Waals surface area contributed by atoms with Gasteiger partial charge in [0.1, 0.15) is 0 Å². The Kier molecular flexibility index (Phi) is 2.85. The van der Waals surface area contributed by atoms with Gasteiger partial charge in [0, 0.05) is 12.1 Å². The Labute approximate surface area is 85.5 Å². The van der Waals surface area contributed by atoms with Crippen molar-refractivity contribution in [3.05, 3.63) is 35.4 Å². The van der Waals surface area contributed by atoms with Gasteiger partial charge in [0.2, 0.25) is 0 Å². The zero-order valence-electron chi connectivity index (χ0n) is 8.66. The molecule has 2 atom stereocenters. The zero-order valence-corrected chi connectivity index (χ0v) is 8.66. The molecule has 0 bridgehead atoms. The first-order chi connectivity index (χ1) is 6.83. The SMILES string of the molecule is CCCNC1CC(N)c2ccccc21. The lowest BCUT2D eigenvalue weighted by Crippen LogP contribution is -2.20. The highest BCUT2D eigenvalue weighted by Crippen LogP contribution is 2.36. The molecule has 0 heterocycles. The largest absolute Gasteiger partial charge is 0.324 e. The minimum absolute atomic E-state index is 0.223. The molecule has 1 aliphatic carbocycles. The average molecular weight is 190 g/mol. The molecule has 1 aromatic carbocycles. The van der Waals surface area contributed by atoms with Crippen molar-refractivity contribution >= 4 is 0 Å². The summed E-state index contributed by atoms with van der Waals surface area (Å²) < 4.78 is 0. The second kappa shape index (κ2) is 4.11. The van der Waals surface area contributed by atoms with Gasteiger partial charge in [-0.05, 0) is 30.5 Å². The predicted molar refractivity (Wildman–Crippen MR) is 59.0 cm³/mol. The van der Waals surface area contributed by atoms with Gasteiger partial charge in [-0.1, -0.05) is 31.2 Å². The molecule has 0 amide bonds. The molecule has 2 nitrogen and oxygen atoms in total. The van der Waals surface area contributed by atoms with E-state index < -0.39 is 0 Å². The van der Waals surface area contributed by atoms with Gasteiger partial charge in [0.15, 0.2) is 0 Å². The lowest BCUT2D eigenvalue weighted by molar-refractivity contribution is 0.499. The van der Waals surface area contributed by atoms with E-state index in [1.54, 1.807) is 0 Å². The summed E-state index contributed by atoms with van der Waals surface area (Å²) in [6.45, 7) is 3.26. The smallest absolute Gasteiger partial charge is 0.0341 e. The number of hydrogen-bond donors (Lipinski definition) is 2. The van der Waals surface area contributed by atoms with E-state index in [0.717, 1.165) is 13.0 Å². The number of rotatable bonds is 3. The molecule has 3 N–H and O–H groups in total. The molecule has 1 aromatic rings. The fourth-order valence-electron chi connectivity index (χ4n) is 2.19. The highest BCUT2D eigenvalue weighted by atomic mass is 14.9. The van der Waals surface area contributed by atoms with Gasteiger partial charge in [-0.25, -0.2) is 0 Å². The van der Waals surface area contributed by atoms with Gasteiger partial charge in [-0.2, -0.15) is 0 Å². The molecular weight excluding hydrogens is 172 g/mol. The number of fused-ring (bicyclic) bond motifs is 1. The van der Waals surface area contributed by atoms with Crippen LogP contribution >= 0.6 is 0 Å². The maximum absolute atomic E-state index is 6.07. The summed E-state index contributed by atoms with van der Waals surface area (Å²) in [6.07, 6.45) is 2.22. The highest BCUT2D eigenvalue weighted by molar-refractivity contribution is 5.37. The number of nitrogens with two attached hydrogens (primary N) is 1. The van der Waals surface area contributed by atoms with Crippen molar-refractivity contribution in [2.24, 2.45) is 5.73 Å². The predicted octanol–water partition coefficient (Wildman–Crippen LogP) is 2.13.